The number of halogens is 1. The standard InChI is InChI=1S/C14H20FN3O2S/c1-11(2)18(3)21(19,20)17-10-13-9-12(5-4-8-16)6-7-14(13)15/h6-7,9,11,17H,8,10,16H2,1-3H3. The van der Waals surface area contributed by atoms with Gasteiger partial charge in [0, 0.05) is 30.8 Å². The molecule has 0 radical (unpaired) electrons. The first kappa shape index (κ1) is 17.6. The Morgan fingerprint density at radius 3 is 2.67 bits per heavy atom. The van der Waals surface area contributed by atoms with E-state index >= 15 is 0 Å². The molecule has 0 fully saturated rings. The summed E-state index contributed by atoms with van der Waals surface area (Å²) in [7, 11) is -2.18. The summed E-state index contributed by atoms with van der Waals surface area (Å²) in [6, 6.07) is 4.11. The first-order chi connectivity index (χ1) is 9.77. The third kappa shape index (κ3) is 5.10. The lowest BCUT2D eigenvalue weighted by Crippen LogP contribution is -2.41. The zero-order valence-electron chi connectivity index (χ0n) is 12.4. The molecule has 0 saturated carbocycles. The van der Waals surface area contributed by atoms with Crippen molar-refractivity contribution < 1.29 is 12.8 Å². The van der Waals surface area contributed by atoms with E-state index in [2.05, 4.69) is 16.6 Å². The molecule has 0 aliphatic heterocycles. The molecule has 1 rings (SSSR count). The average molecular weight is 313 g/mol. The summed E-state index contributed by atoms with van der Waals surface area (Å²) in [5, 5.41) is 0. The fourth-order valence-corrected chi connectivity index (χ4v) is 2.59. The van der Waals surface area contributed by atoms with Gasteiger partial charge in [0.15, 0.2) is 0 Å². The highest BCUT2D eigenvalue weighted by Gasteiger charge is 2.20. The minimum Gasteiger partial charge on any atom is -0.320 e. The number of hydrogen-bond acceptors (Lipinski definition) is 3. The lowest BCUT2D eigenvalue weighted by molar-refractivity contribution is 0.402. The van der Waals surface area contributed by atoms with Crippen LogP contribution in [0.5, 0.6) is 0 Å². The van der Waals surface area contributed by atoms with Crippen molar-refractivity contribution in [3.63, 3.8) is 0 Å². The van der Waals surface area contributed by atoms with Gasteiger partial charge in [-0.1, -0.05) is 11.8 Å². The van der Waals surface area contributed by atoms with Gasteiger partial charge in [-0.2, -0.15) is 17.4 Å². The molecule has 0 amide bonds. The molecule has 5 nitrogen and oxygen atoms in total. The van der Waals surface area contributed by atoms with Crippen LogP contribution in [-0.4, -0.2) is 32.4 Å². The van der Waals surface area contributed by atoms with Crippen LogP contribution in [-0.2, 0) is 16.8 Å². The summed E-state index contributed by atoms with van der Waals surface area (Å²) >= 11 is 0. The number of rotatable bonds is 5. The maximum Gasteiger partial charge on any atom is 0.279 e. The topological polar surface area (TPSA) is 75.4 Å². The highest BCUT2D eigenvalue weighted by atomic mass is 32.2. The Bertz CT molecular complexity index is 648. The summed E-state index contributed by atoms with van der Waals surface area (Å²) < 4.78 is 41.2. The van der Waals surface area contributed by atoms with Crippen molar-refractivity contribution in [2.45, 2.75) is 26.4 Å². The molecule has 0 aliphatic carbocycles. The molecule has 0 spiro atoms. The Kier molecular flexibility index (Phi) is 6.30. The lowest BCUT2D eigenvalue weighted by atomic mass is 10.1. The third-order valence-corrected chi connectivity index (χ3v) is 4.62. The SMILES string of the molecule is CC(C)N(C)S(=O)(=O)NCc1cc(C#CCN)ccc1F. The van der Waals surface area contributed by atoms with Gasteiger partial charge in [-0.15, -0.1) is 0 Å². The van der Waals surface area contributed by atoms with Gasteiger partial charge < -0.3 is 5.73 Å². The van der Waals surface area contributed by atoms with Crippen molar-refractivity contribution in [2.75, 3.05) is 13.6 Å². The van der Waals surface area contributed by atoms with E-state index in [0.717, 1.165) is 0 Å². The van der Waals surface area contributed by atoms with Gasteiger partial charge in [-0.25, -0.2) is 4.39 Å². The Hall–Kier alpha value is -1.46. The lowest BCUT2D eigenvalue weighted by Gasteiger charge is -2.21. The highest BCUT2D eigenvalue weighted by Crippen LogP contribution is 2.11. The molecule has 1 aromatic rings. The van der Waals surface area contributed by atoms with Crippen molar-refractivity contribution in [1.82, 2.24) is 9.03 Å². The molecule has 0 heterocycles. The van der Waals surface area contributed by atoms with Crippen LogP contribution in [0.15, 0.2) is 18.2 Å². The Morgan fingerprint density at radius 1 is 1.43 bits per heavy atom. The van der Waals surface area contributed by atoms with Gasteiger partial charge in [0.1, 0.15) is 5.82 Å². The van der Waals surface area contributed by atoms with Crippen LogP contribution in [0.1, 0.15) is 25.0 Å². The second-order valence-corrected chi connectivity index (χ2v) is 6.56. The molecule has 7 heteroatoms. The number of nitrogens with zero attached hydrogens (tertiary/aromatic N) is 1. The fraction of sp³-hybridized carbons (Fsp3) is 0.429. The summed E-state index contributed by atoms with van der Waals surface area (Å²) in [5.41, 5.74) is 6.10. The smallest absolute Gasteiger partial charge is 0.279 e. The molecule has 0 saturated heterocycles. The molecule has 0 aliphatic rings. The second-order valence-electron chi connectivity index (χ2n) is 4.75. The van der Waals surface area contributed by atoms with Crippen LogP contribution in [0.25, 0.3) is 0 Å². The van der Waals surface area contributed by atoms with E-state index in [1.165, 1.54) is 29.6 Å². The highest BCUT2D eigenvalue weighted by molar-refractivity contribution is 7.87. The molecule has 0 atom stereocenters. The molecule has 3 N–H and O–H groups in total. The number of hydrogen-bond donors (Lipinski definition) is 2. The van der Waals surface area contributed by atoms with Crippen LogP contribution < -0.4 is 10.5 Å². The van der Waals surface area contributed by atoms with E-state index in [0.29, 0.717) is 5.56 Å². The first-order valence-corrected chi connectivity index (χ1v) is 7.92. The van der Waals surface area contributed by atoms with E-state index in [1.807, 2.05) is 0 Å². The van der Waals surface area contributed by atoms with E-state index in [4.69, 9.17) is 5.73 Å². The second kappa shape index (κ2) is 7.52. The molecule has 1 aromatic carbocycles. The van der Waals surface area contributed by atoms with Gasteiger partial charge in [-0.3, -0.25) is 0 Å². The van der Waals surface area contributed by atoms with Gasteiger partial charge in [0.05, 0.1) is 6.54 Å². The fourth-order valence-electron chi connectivity index (χ4n) is 1.49. The molecule has 0 aromatic heterocycles. The van der Waals surface area contributed by atoms with Crippen LogP contribution in [0, 0.1) is 17.7 Å². The van der Waals surface area contributed by atoms with Crippen molar-refractivity contribution in [3.8, 4) is 11.8 Å². The van der Waals surface area contributed by atoms with Gasteiger partial charge in [-0.05, 0) is 32.0 Å². The monoisotopic (exact) mass is 313 g/mol. The molecular formula is C14H20FN3O2S. The van der Waals surface area contributed by atoms with Crippen molar-refractivity contribution >= 4 is 10.2 Å². The molecular weight excluding hydrogens is 293 g/mol. The molecule has 116 valence electrons. The van der Waals surface area contributed by atoms with E-state index < -0.39 is 16.0 Å². The van der Waals surface area contributed by atoms with E-state index in [-0.39, 0.29) is 24.7 Å². The van der Waals surface area contributed by atoms with Crippen LogP contribution in [0.4, 0.5) is 4.39 Å². The molecule has 0 bridgehead atoms. The van der Waals surface area contributed by atoms with Crippen molar-refractivity contribution in [1.29, 1.82) is 0 Å². The van der Waals surface area contributed by atoms with Crippen molar-refractivity contribution in [2.24, 2.45) is 5.73 Å². The van der Waals surface area contributed by atoms with Gasteiger partial charge in [0.2, 0.25) is 0 Å². The largest absolute Gasteiger partial charge is 0.320 e. The summed E-state index contributed by atoms with van der Waals surface area (Å²) in [4.78, 5) is 0. The normalized spacial score (nSPS) is 11.6. The van der Waals surface area contributed by atoms with Crippen LogP contribution in [0.3, 0.4) is 0 Å². The zero-order chi connectivity index (χ0) is 16.0. The predicted octanol–water partition coefficient (Wildman–Crippen LogP) is 0.811. The average Bonchev–Trinajstić information content (AvgIpc) is 2.44. The maximum absolute atomic E-state index is 13.7. The Morgan fingerprint density at radius 2 is 2.10 bits per heavy atom. The maximum atomic E-state index is 13.7. The summed E-state index contributed by atoms with van der Waals surface area (Å²) in [5.74, 6) is 4.96. The van der Waals surface area contributed by atoms with E-state index in [1.54, 1.807) is 13.8 Å². The minimum atomic E-state index is -3.64. The number of nitrogens with two attached hydrogens (primary N) is 1. The Labute approximate surface area is 125 Å². The van der Waals surface area contributed by atoms with Crippen molar-refractivity contribution in [3.05, 3.63) is 35.1 Å². The first-order valence-electron chi connectivity index (χ1n) is 6.48. The van der Waals surface area contributed by atoms with E-state index in [9.17, 15) is 12.8 Å². The predicted molar refractivity (Wildman–Crippen MR) is 81.0 cm³/mol. The Balaban J connectivity index is 2.89. The molecule has 0 unspecified atom stereocenters. The summed E-state index contributed by atoms with van der Waals surface area (Å²) in [6.07, 6.45) is 0. The van der Waals surface area contributed by atoms with Gasteiger partial charge in [0.25, 0.3) is 10.2 Å². The zero-order valence-corrected chi connectivity index (χ0v) is 13.2. The minimum absolute atomic E-state index is 0.136. The third-order valence-electron chi connectivity index (χ3n) is 2.93. The van der Waals surface area contributed by atoms with Gasteiger partial charge >= 0.3 is 0 Å². The number of nitrogens with one attached hydrogen (secondary N) is 1. The summed E-state index contributed by atoms with van der Waals surface area (Å²) in [6.45, 7) is 3.58. The van der Waals surface area contributed by atoms with Crippen LogP contribution >= 0.6 is 0 Å². The van der Waals surface area contributed by atoms with Crippen LogP contribution in [0.2, 0.25) is 0 Å². The number of benzene rings is 1. The molecule has 21 heavy (non-hydrogen) atoms. The quantitative estimate of drug-likeness (QED) is 0.790.